The highest BCUT2D eigenvalue weighted by atomic mass is 32.2. The van der Waals surface area contributed by atoms with Gasteiger partial charge in [0, 0.05) is 0 Å². The van der Waals surface area contributed by atoms with Crippen molar-refractivity contribution in [1.29, 1.82) is 0 Å². The largest absolute Gasteiger partial charge is 0.272 e. The number of carbonyl (C=O) groups is 1. The number of fused-ring (bicyclic) bond motifs is 1. The van der Waals surface area contributed by atoms with E-state index in [4.69, 9.17) is 4.84 Å². The topological polar surface area (TPSA) is 72.5 Å². The third-order valence-electron chi connectivity index (χ3n) is 3.88. The quantitative estimate of drug-likeness (QED) is 0.872. The van der Waals surface area contributed by atoms with E-state index in [1.165, 1.54) is 0 Å². The Bertz CT molecular complexity index is 802. The Hall–Kier alpha value is -2.18. The van der Waals surface area contributed by atoms with Crippen LogP contribution in [0, 0.1) is 0 Å². The molecule has 23 heavy (non-hydrogen) atoms. The maximum atomic E-state index is 12.3. The zero-order valence-electron chi connectivity index (χ0n) is 12.4. The average Bonchev–Trinajstić information content (AvgIpc) is 2.56. The van der Waals surface area contributed by atoms with Crippen molar-refractivity contribution in [2.45, 2.75) is 23.8 Å². The highest BCUT2D eigenvalue weighted by molar-refractivity contribution is 7.91. The van der Waals surface area contributed by atoms with E-state index in [-0.39, 0.29) is 29.6 Å². The molecule has 3 rings (SSSR count). The van der Waals surface area contributed by atoms with E-state index in [0.717, 1.165) is 5.56 Å². The lowest BCUT2D eigenvalue weighted by Gasteiger charge is -2.24. The van der Waals surface area contributed by atoms with Crippen LogP contribution < -0.4 is 5.48 Å². The molecule has 0 saturated heterocycles. The molecule has 1 N–H and O–H groups in total. The normalized spacial score (nSPS) is 18.9. The summed E-state index contributed by atoms with van der Waals surface area (Å²) in [6.07, 6.45) is 0.264. The second kappa shape index (κ2) is 6.52. The van der Waals surface area contributed by atoms with Crippen LogP contribution in [0.1, 0.15) is 23.5 Å². The molecule has 0 aliphatic carbocycles. The molecule has 0 saturated carbocycles. The summed E-state index contributed by atoms with van der Waals surface area (Å²) in [5.74, 6) is -0.852. The molecule has 1 atom stereocenters. The van der Waals surface area contributed by atoms with Gasteiger partial charge in [0.15, 0.2) is 9.84 Å². The lowest BCUT2D eigenvalue weighted by molar-refractivity contribution is -0.136. The van der Waals surface area contributed by atoms with Gasteiger partial charge in [0.25, 0.3) is 5.91 Å². The number of nitrogens with one attached hydrogen (secondary N) is 1. The summed E-state index contributed by atoms with van der Waals surface area (Å²) in [6.45, 7) is 0.263. The minimum atomic E-state index is -3.29. The van der Waals surface area contributed by atoms with Gasteiger partial charge in [0.2, 0.25) is 0 Å². The average molecular weight is 331 g/mol. The van der Waals surface area contributed by atoms with Gasteiger partial charge >= 0.3 is 0 Å². The van der Waals surface area contributed by atoms with E-state index in [1.54, 1.807) is 24.3 Å². The predicted octanol–water partition coefficient (Wildman–Crippen LogP) is 2.20. The van der Waals surface area contributed by atoms with Crippen LogP contribution in [-0.4, -0.2) is 20.1 Å². The minimum Gasteiger partial charge on any atom is -0.272 e. The SMILES string of the molecule is O=C(NOCc1ccccc1)C1CCS(=O)(=O)c2ccccc21. The summed E-state index contributed by atoms with van der Waals surface area (Å²) in [4.78, 5) is 17.8. The van der Waals surface area contributed by atoms with Gasteiger partial charge < -0.3 is 0 Å². The van der Waals surface area contributed by atoms with Crippen molar-refractivity contribution in [3.8, 4) is 0 Å². The monoisotopic (exact) mass is 331 g/mol. The summed E-state index contributed by atoms with van der Waals surface area (Å²) in [5, 5.41) is 0. The van der Waals surface area contributed by atoms with Crippen LogP contribution in [0.5, 0.6) is 0 Å². The molecule has 6 heteroatoms. The number of amides is 1. The maximum absolute atomic E-state index is 12.3. The van der Waals surface area contributed by atoms with Gasteiger partial charge in [0.05, 0.1) is 23.2 Å². The highest BCUT2D eigenvalue weighted by Crippen LogP contribution is 2.33. The summed E-state index contributed by atoms with van der Waals surface area (Å²) in [7, 11) is -3.29. The van der Waals surface area contributed by atoms with E-state index in [9.17, 15) is 13.2 Å². The van der Waals surface area contributed by atoms with Crippen LogP contribution in [0.25, 0.3) is 0 Å². The summed E-state index contributed by atoms with van der Waals surface area (Å²) < 4.78 is 24.2. The van der Waals surface area contributed by atoms with E-state index in [2.05, 4.69) is 5.48 Å². The van der Waals surface area contributed by atoms with Crippen molar-refractivity contribution in [2.24, 2.45) is 0 Å². The van der Waals surface area contributed by atoms with Gasteiger partial charge in [-0.25, -0.2) is 13.9 Å². The van der Waals surface area contributed by atoms with Crippen LogP contribution >= 0.6 is 0 Å². The van der Waals surface area contributed by atoms with E-state index in [1.807, 2.05) is 30.3 Å². The number of hydroxylamine groups is 1. The Morgan fingerprint density at radius 3 is 2.57 bits per heavy atom. The predicted molar refractivity (Wildman–Crippen MR) is 85.2 cm³/mol. The molecule has 1 aliphatic rings. The molecule has 2 aromatic carbocycles. The lowest BCUT2D eigenvalue weighted by atomic mass is 9.95. The Morgan fingerprint density at radius 1 is 1.09 bits per heavy atom. The van der Waals surface area contributed by atoms with Gasteiger partial charge in [-0.05, 0) is 23.6 Å². The standard InChI is InChI=1S/C17H17NO4S/c19-17(18-22-12-13-6-2-1-3-7-13)15-10-11-23(20,21)16-9-5-4-8-14(15)16/h1-9,15H,10-12H2,(H,18,19). The first-order valence-electron chi connectivity index (χ1n) is 7.35. The van der Waals surface area contributed by atoms with Crippen molar-refractivity contribution >= 4 is 15.7 Å². The second-order valence-electron chi connectivity index (χ2n) is 5.44. The molecule has 5 nitrogen and oxygen atoms in total. The van der Waals surface area contributed by atoms with Crippen LogP contribution in [-0.2, 0) is 26.1 Å². The number of hydrogen-bond acceptors (Lipinski definition) is 4. The van der Waals surface area contributed by atoms with E-state index < -0.39 is 15.8 Å². The molecule has 1 amide bonds. The van der Waals surface area contributed by atoms with Gasteiger partial charge in [0.1, 0.15) is 0 Å². The number of carbonyl (C=O) groups excluding carboxylic acids is 1. The fraction of sp³-hybridized carbons (Fsp3) is 0.235. The molecule has 0 fully saturated rings. The van der Waals surface area contributed by atoms with Crippen molar-refractivity contribution < 1.29 is 18.0 Å². The van der Waals surface area contributed by atoms with Crippen molar-refractivity contribution in [2.75, 3.05) is 5.75 Å². The molecule has 1 aliphatic heterocycles. The molecular formula is C17H17NO4S. The third kappa shape index (κ3) is 3.43. The smallest absolute Gasteiger partial charge is 0.251 e. The Kier molecular flexibility index (Phi) is 4.45. The van der Waals surface area contributed by atoms with Crippen molar-refractivity contribution in [3.05, 3.63) is 65.7 Å². The lowest BCUT2D eigenvalue weighted by Crippen LogP contribution is -2.33. The Labute approximate surface area is 135 Å². The van der Waals surface area contributed by atoms with Gasteiger partial charge in [-0.15, -0.1) is 0 Å². The number of rotatable bonds is 4. The zero-order valence-corrected chi connectivity index (χ0v) is 13.3. The molecule has 0 spiro atoms. The molecule has 0 radical (unpaired) electrons. The number of hydrogen-bond donors (Lipinski definition) is 1. The van der Waals surface area contributed by atoms with Gasteiger partial charge in [-0.3, -0.25) is 9.63 Å². The van der Waals surface area contributed by atoms with Gasteiger partial charge in [-0.1, -0.05) is 48.5 Å². The third-order valence-corrected chi connectivity index (χ3v) is 5.69. The van der Waals surface area contributed by atoms with Crippen molar-refractivity contribution in [3.63, 3.8) is 0 Å². The molecule has 120 valence electrons. The summed E-state index contributed by atoms with van der Waals surface area (Å²) >= 11 is 0. The first-order valence-corrected chi connectivity index (χ1v) is 9.00. The molecule has 1 heterocycles. The minimum absolute atomic E-state index is 0.0270. The van der Waals surface area contributed by atoms with E-state index >= 15 is 0 Å². The molecule has 0 bridgehead atoms. The van der Waals surface area contributed by atoms with Gasteiger partial charge in [-0.2, -0.15) is 0 Å². The molecule has 0 aromatic heterocycles. The Balaban J connectivity index is 1.69. The maximum Gasteiger partial charge on any atom is 0.251 e. The molecule has 1 unspecified atom stereocenters. The summed E-state index contributed by atoms with van der Waals surface area (Å²) in [6, 6.07) is 16.1. The van der Waals surface area contributed by atoms with Crippen LogP contribution in [0.15, 0.2) is 59.5 Å². The molecular weight excluding hydrogens is 314 g/mol. The second-order valence-corrected chi connectivity index (χ2v) is 7.52. The number of sulfone groups is 1. The fourth-order valence-electron chi connectivity index (χ4n) is 2.70. The van der Waals surface area contributed by atoms with E-state index in [0.29, 0.717) is 5.56 Å². The fourth-order valence-corrected chi connectivity index (χ4v) is 4.32. The highest BCUT2D eigenvalue weighted by Gasteiger charge is 2.34. The first-order chi connectivity index (χ1) is 11.1. The van der Waals surface area contributed by atoms with Crippen LogP contribution in [0.2, 0.25) is 0 Å². The Morgan fingerprint density at radius 2 is 1.78 bits per heavy atom. The number of benzene rings is 2. The van der Waals surface area contributed by atoms with Crippen LogP contribution in [0.4, 0.5) is 0 Å². The summed E-state index contributed by atoms with van der Waals surface area (Å²) in [5.41, 5.74) is 3.92. The van der Waals surface area contributed by atoms with Crippen LogP contribution in [0.3, 0.4) is 0 Å². The molecule has 2 aromatic rings. The van der Waals surface area contributed by atoms with Crippen molar-refractivity contribution in [1.82, 2.24) is 5.48 Å². The zero-order chi connectivity index (χ0) is 16.3. The first kappa shape index (κ1) is 15.7.